The fourth-order valence-electron chi connectivity index (χ4n) is 2.90. The van der Waals surface area contributed by atoms with Crippen LogP contribution in [0.1, 0.15) is 28.7 Å². The molecule has 0 N–H and O–H groups in total. The van der Waals surface area contributed by atoms with Crippen molar-refractivity contribution in [1.82, 2.24) is 14.5 Å². The van der Waals surface area contributed by atoms with Crippen molar-refractivity contribution in [2.75, 3.05) is 6.61 Å². The molecule has 6 heteroatoms. The molecule has 24 heavy (non-hydrogen) atoms. The molecule has 3 aromatic rings. The number of halogens is 1. The summed E-state index contributed by atoms with van der Waals surface area (Å²) in [4.78, 5) is 20.9. The van der Waals surface area contributed by atoms with Crippen LogP contribution >= 0.6 is 15.9 Å². The molecule has 0 amide bonds. The zero-order valence-electron chi connectivity index (χ0n) is 13.8. The molecule has 3 rings (SSSR count). The van der Waals surface area contributed by atoms with E-state index in [0.29, 0.717) is 11.4 Å². The Hall–Kier alpha value is -2.21. The first-order valence-electron chi connectivity index (χ1n) is 7.74. The van der Waals surface area contributed by atoms with Crippen molar-refractivity contribution in [2.45, 2.75) is 27.3 Å². The molecule has 124 valence electrons. The van der Waals surface area contributed by atoms with Gasteiger partial charge in [0.2, 0.25) is 11.7 Å². The third-order valence-corrected chi connectivity index (χ3v) is 4.58. The van der Waals surface area contributed by atoms with E-state index in [1.165, 1.54) is 6.33 Å². The third-order valence-electron chi connectivity index (χ3n) is 4.09. The summed E-state index contributed by atoms with van der Waals surface area (Å²) in [5, 5.41) is 0.777. The van der Waals surface area contributed by atoms with Crippen molar-refractivity contribution >= 4 is 32.6 Å². The van der Waals surface area contributed by atoms with E-state index in [1.807, 2.05) is 38.1 Å². The first-order chi connectivity index (χ1) is 11.5. The number of rotatable bonds is 5. The second kappa shape index (κ2) is 6.73. The van der Waals surface area contributed by atoms with E-state index >= 15 is 0 Å². The van der Waals surface area contributed by atoms with Gasteiger partial charge in [-0.3, -0.25) is 4.79 Å². The van der Waals surface area contributed by atoms with Crippen LogP contribution in [0.25, 0.3) is 10.9 Å². The molecule has 0 unspecified atom stereocenters. The van der Waals surface area contributed by atoms with Crippen LogP contribution < -0.4 is 4.74 Å². The van der Waals surface area contributed by atoms with Gasteiger partial charge in [-0.05, 0) is 45.0 Å². The van der Waals surface area contributed by atoms with E-state index in [2.05, 4.69) is 37.4 Å². The predicted octanol–water partition coefficient (Wildman–Crippen LogP) is 4.09. The normalized spacial score (nSPS) is 11.0. The minimum atomic E-state index is -0.0513. The Labute approximate surface area is 148 Å². The fraction of sp³-hybridized carbons (Fsp3) is 0.278. The molecule has 0 bridgehead atoms. The van der Waals surface area contributed by atoms with Gasteiger partial charge in [0, 0.05) is 28.0 Å². The maximum absolute atomic E-state index is 12.5. The lowest BCUT2D eigenvalue weighted by Gasteiger charge is -2.08. The van der Waals surface area contributed by atoms with Crippen LogP contribution in [0.5, 0.6) is 5.88 Å². The van der Waals surface area contributed by atoms with Gasteiger partial charge in [0.05, 0.1) is 10.9 Å². The third kappa shape index (κ3) is 3.06. The first-order valence-corrected chi connectivity index (χ1v) is 8.53. The standard InChI is InChI=1S/C18H18BrN3O2/c1-4-22-11(2)7-14(12(22)3)17(23)9-24-18-15-8-13(19)5-6-16(15)20-10-21-18/h5-8,10H,4,9H2,1-3H3. The minimum Gasteiger partial charge on any atom is -0.469 e. The minimum absolute atomic E-state index is 0.0490. The number of hydrogen-bond donors (Lipinski definition) is 0. The second-order valence-corrected chi connectivity index (χ2v) is 6.50. The lowest BCUT2D eigenvalue weighted by Crippen LogP contribution is -2.13. The Morgan fingerprint density at radius 3 is 2.75 bits per heavy atom. The van der Waals surface area contributed by atoms with Gasteiger partial charge in [0.1, 0.15) is 6.33 Å². The summed E-state index contributed by atoms with van der Waals surface area (Å²) < 4.78 is 8.72. The van der Waals surface area contributed by atoms with Crippen LogP contribution in [-0.2, 0) is 6.54 Å². The SMILES string of the molecule is CCn1c(C)cc(C(=O)COc2ncnc3ccc(Br)cc23)c1C. The number of hydrogen-bond acceptors (Lipinski definition) is 4. The van der Waals surface area contributed by atoms with Crippen LogP contribution in [0.2, 0.25) is 0 Å². The van der Waals surface area contributed by atoms with Crippen molar-refractivity contribution in [3.05, 3.63) is 52.0 Å². The van der Waals surface area contributed by atoms with Crippen LogP contribution in [0.15, 0.2) is 35.1 Å². The van der Waals surface area contributed by atoms with Crippen molar-refractivity contribution < 1.29 is 9.53 Å². The molecule has 5 nitrogen and oxygen atoms in total. The smallest absolute Gasteiger partial charge is 0.224 e. The highest BCUT2D eigenvalue weighted by molar-refractivity contribution is 9.10. The number of benzene rings is 1. The molecule has 0 aliphatic carbocycles. The van der Waals surface area contributed by atoms with Gasteiger partial charge in [-0.2, -0.15) is 0 Å². The van der Waals surface area contributed by atoms with Gasteiger partial charge >= 0.3 is 0 Å². The van der Waals surface area contributed by atoms with Crippen LogP contribution in [0.4, 0.5) is 0 Å². The molecule has 0 aliphatic heterocycles. The monoisotopic (exact) mass is 387 g/mol. The number of nitrogens with zero attached hydrogens (tertiary/aromatic N) is 3. The topological polar surface area (TPSA) is 57.0 Å². The van der Waals surface area contributed by atoms with Gasteiger partial charge in [0.15, 0.2) is 6.61 Å². The number of carbonyl (C=O) groups excluding carboxylic acids is 1. The number of ether oxygens (including phenoxy) is 1. The largest absolute Gasteiger partial charge is 0.469 e. The van der Waals surface area contributed by atoms with Gasteiger partial charge < -0.3 is 9.30 Å². The van der Waals surface area contributed by atoms with Crippen LogP contribution in [-0.4, -0.2) is 26.9 Å². The molecule has 0 fully saturated rings. The van der Waals surface area contributed by atoms with E-state index in [9.17, 15) is 4.79 Å². The highest BCUT2D eigenvalue weighted by Gasteiger charge is 2.16. The van der Waals surface area contributed by atoms with E-state index in [1.54, 1.807) is 0 Å². The van der Waals surface area contributed by atoms with Gasteiger partial charge in [-0.15, -0.1) is 0 Å². The fourth-order valence-corrected chi connectivity index (χ4v) is 3.26. The molecule has 0 radical (unpaired) electrons. The maximum atomic E-state index is 12.5. The molecule has 0 spiro atoms. The molecule has 0 saturated heterocycles. The molecular weight excluding hydrogens is 370 g/mol. The summed E-state index contributed by atoms with van der Waals surface area (Å²) >= 11 is 3.43. The van der Waals surface area contributed by atoms with Crippen LogP contribution in [0, 0.1) is 13.8 Å². The summed E-state index contributed by atoms with van der Waals surface area (Å²) in [7, 11) is 0. The zero-order valence-corrected chi connectivity index (χ0v) is 15.4. The number of carbonyl (C=O) groups is 1. The molecular formula is C18H18BrN3O2. The number of aryl methyl sites for hydroxylation is 1. The van der Waals surface area contributed by atoms with Crippen LogP contribution in [0.3, 0.4) is 0 Å². The number of aromatic nitrogens is 3. The average molecular weight is 388 g/mol. The summed E-state index contributed by atoms with van der Waals surface area (Å²) in [6.07, 6.45) is 1.44. The van der Waals surface area contributed by atoms with Gasteiger partial charge in [0.25, 0.3) is 0 Å². The summed E-state index contributed by atoms with van der Waals surface area (Å²) in [6, 6.07) is 7.59. The summed E-state index contributed by atoms with van der Waals surface area (Å²) in [5.74, 6) is 0.364. The highest BCUT2D eigenvalue weighted by Crippen LogP contribution is 2.25. The second-order valence-electron chi connectivity index (χ2n) is 5.58. The van der Waals surface area contributed by atoms with E-state index < -0.39 is 0 Å². The quantitative estimate of drug-likeness (QED) is 0.618. The van der Waals surface area contributed by atoms with Crippen molar-refractivity contribution in [1.29, 1.82) is 0 Å². The van der Waals surface area contributed by atoms with Crippen molar-refractivity contribution in [3.63, 3.8) is 0 Å². The first kappa shape index (κ1) is 16.6. The number of fused-ring (bicyclic) bond motifs is 1. The lowest BCUT2D eigenvalue weighted by molar-refractivity contribution is 0.0918. The molecule has 2 aromatic heterocycles. The Kier molecular flexibility index (Phi) is 4.66. The zero-order chi connectivity index (χ0) is 17.3. The summed E-state index contributed by atoms with van der Waals surface area (Å²) in [6.45, 7) is 6.82. The molecule has 1 aromatic carbocycles. The number of ketones is 1. The maximum Gasteiger partial charge on any atom is 0.224 e. The summed E-state index contributed by atoms with van der Waals surface area (Å²) in [5.41, 5.74) is 3.53. The molecule has 0 aliphatic rings. The van der Waals surface area contributed by atoms with Gasteiger partial charge in [-0.25, -0.2) is 9.97 Å². The average Bonchev–Trinajstić information content (AvgIpc) is 2.86. The van der Waals surface area contributed by atoms with Crippen molar-refractivity contribution in [2.24, 2.45) is 0 Å². The van der Waals surface area contributed by atoms with Crippen molar-refractivity contribution in [3.8, 4) is 5.88 Å². The Bertz CT molecular complexity index is 918. The van der Waals surface area contributed by atoms with E-state index in [-0.39, 0.29) is 12.4 Å². The van der Waals surface area contributed by atoms with Gasteiger partial charge in [-0.1, -0.05) is 15.9 Å². The molecule has 0 saturated carbocycles. The molecule has 0 atom stereocenters. The Balaban J connectivity index is 1.84. The van der Waals surface area contributed by atoms with E-state index in [0.717, 1.165) is 33.3 Å². The van der Waals surface area contributed by atoms with E-state index in [4.69, 9.17) is 4.74 Å². The molecule has 2 heterocycles. The Morgan fingerprint density at radius 1 is 1.25 bits per heavy atom. The predicted molar refractivity (Wildman–Crippen MR) is 96.6 cm³/mol. The highest BCUT2D eigenvalue weighted by atomic mass is 79.9. The lowest BCUT2D eigenvalue weighted by atomic mass is 10.1. The number of Topliss-reactive ketones (excluding diaryl/α,β-unsaturated/α-hetero) is 1. The Morgan fingerprint density at radius 2 is 2.04 bits per heavy atom.